The Labute approximate surface area is 114 Å². The quantitative estimate of drug-likeness (QED) is 0.782. The Kier molecular flexibility index (Phi) is 2.86. The molecule has 0 aliphatic heterocycles. The predicted octanol–water partition coefficient (Wildman–Crippen LogP) is 2.72. The second-order valence-electron chi connectivity index (χ2n) is 5.45. The van der Waals surface area contributed by atoms with E-state index < -0.39 is 0 Å². The molecule has 100 valence electrons. The second-order valence-corrected chi connectivity index (χ2v) is 5.45. The molecule has 0 amide bonds. The standard InChI is InChI=1S/C16H20N2O/c1-10(17)9-18-11(2)6-13-7-12-8-14(19-3)4-5-15(12)16(13)18/h4-6,8,10H,7,9,17H2,1-3H3. The van der Waals surface area contributed by atoms with E-state index in [4.69, 9.17) is 10.5 Å². The molecule has 19 heavy (non-hydrogen) atoms. The first kappa shape index (κ1) is 12.3. The SMILES string of the molecule is COc1ccc2c(c1)Cc1cc(C)n(CC(C)N)c1-2. The summed E-state index contributed by atoms with van der Waals surface area (Å²) in [6.45, 7) is 5.08. The van der Waals surface area contributed by atoms with Gasteiger partial charge in [0, 0.05) is 30.3 Å². The molecule has 1 heterocycles. The average Bonchev–Trinajstić information content (AvgIpc) is 2.85. The van der Waals surface area contributed by atoms with Crippen molar-refractivity contribution in [1.29, 1.82) is 0 Å². The lowest BCUT2D eigenvalue weighted by Gasteiger charge is -2.14. The summed E-state index contributed by atoms with van der Waals surface area (Å²) in [7, 11) is 1.71. The van der Waals surface area contributed by atoms with Gasteiger partial charge < -0.3 is 15.0 Å². The van der Waals surface area contributed by atoms with Gasteiger partial charge in [0.2, 0.25) is 0 Å². The van der Waals surface area contributed by atoms with Crippen molar-refractivity contribution >= 4 is 0 Å². The van der Waals surface area contributed by atoms with E-state index in [0.29, 0.717) is 0 Å². The predicted molar refractivity (Wildman–Crippen MR) is 77.6 cm³/mol. The number of ether oxygens (including phenoxy) is 1. The van der Waals surface area contributed by atoms with Crippen LogP contribution >= 0.6 is 0 Å². The number of rotatable bonds is 3. The zero-order valence-electron chi connectivity index (χ0n) is 11.7. The highest BCUT2D eigenvalue weighted by Gasteiger charge is 2.24. The molecular formula is C16H20N2O. The minimum absolute atomic E-state index is 0.164. The fraction of sp³-hybridized carbons (Fsp3) is 0.375. The van der Waals surface area contributed by atoms with Gasteiger partial charge in [0.1, 0.15) is 5.75 Å². The van der Waals surface area contributed by atoms with Crippen LogP contribution in [0.15, 0.2) is 24.3 Å². The number of nitrogens with zero attached hydrogens (tertiary/aromatic N) is 1. The number of aromatic nitrogens is 1. The highest BCUT2D eigenvalue weighted by Crippen LogP contribution is 2.40. The molecule has 0 saturated heterocycles. The monoisotopic (exact) mass is 256 g/mol. The summed E-state index contributed by atoms with van der Waals surface area (Å²) >= 11 is 0. The molecule has 1 aliphatic carbocycles. The Morgan fingerprint density at radius 3 is 2.79 bits per heavy atom. The van der Waals surface area contributed by atoms with Crippen molar-refractivity contribution in [3.8, 4) is 17.0 Å². The van der Waals surface area contributed by atoms with Crippen LogP contribution in [0.25, 0.3) is 11.3 Å². The maximum absolute atomic E-state index is 5.97. The molecule has 3 heteroatoms. The van der Waals surface area contributed by atoms with Crippen molar-refractivity contribution in [3.05, 3.63) is 41.1 Å². The van der Waals surface area contributed by atoms with Crippen LogP contribution in [0.2, 0.25) is 0 Å². The van der Waals surface area contributed by atoms with E-state index in [1.165, 1.54) is 28.1 Å². The van der Waals surface area contributed by atoms with Crippen molar-refractivity contribution in [2.75, 3.05) is 7.11 Å². The summed E-state index contributed by atoms with van der Waals surface area (Å²) < 4.78 is 7.65. The second kappa shape index (κ2) is 4.42. The molecule has 1 unspecified atom stereocenters. The summed E-state index contributed by atoms with van der Waals surface area (Å²) in [5.74, 6) is 0.930. The molecular weight excluding hydrogens is 236 g/mol. The van der Waals surface area contributed by atoms with Crippen molar-refractivity contribution in [3.63, 3.8) is 0 Å². The first-order chi connectivity index (χ1) is 9.10. The minimum Gasteiger partial charge on any atom is -0.497 e. The average molecular weight is 256 g/mol. The smallest absolute Gasteiger partial charge is 0.119 e. The van der Waals surface area contributed by atoms with Crippen LogP contribution in [0.4, 0.5) is 0 Å². The molecule has 2 N–H and O–H groups in total. The molecule has 1 atom stereocenters. The van der Waals surface area contributed by atoms with Gasteiger partial charge in [-0.25, -0.2) is 0 Å². The molecule has 1 aromatic heterocycles. The van der Waals surface area contributed by atoms with Crippen LogP contribution in [0, 0.1) is 6.92 Å². The van der Waals surface area contributed by atoms with Crippen molar-refractivity contribution < 1.29 is 4.74 Å². The lowest BCUT2D eigenvalue weighted by Crippen LogP contribution is -2.23. The van der Waals surface area contributed by atoms with Gasteiger partial charge in [0.05, 0.1) is 12.8 Å². The normalized spacial score (nSPS) is 14.1. The Morgan fingerprint density at radius 2 is 2.11 bits per heavy atom. The third-order valence-electron chi connectivity index (χ3n) is 3.80. The summed E-state index contributed by atoms with van der Waals surface area (Å²) in [4.78, 5) is 0. The molecule has 2 aromatic rings. The molecule has 0 radical (unpaired) electrons. The molecule has 0 bridgehead atoms. The molecule has 0 spiro atoms. The number of hydrogen-bond acceptors (Lipinski definition) is 2. The van der Waals surface area contributed by atoms with Crippen molar-refractivity contribution in [2.24, 2.45) is 5.73 Å². The van der Waals surface area contributed by atoms with E-state index >= 15 is 0 Å². The fourth-order valence-electron chi connectivity index (χ4n) is 3.00. The maximum Gasteiger partial charge on any atom is 0.119 e. The molecule has 0 saturated carbocycles. The highest BCUT2D eigenvalue weighted by molar-refractivity contribution is 5.76. The first-order valence-corrected chi connectivity index (χ1v) is 6.72. The van der Waals surface area contributed by atoms with E-state index in [0.717, 1.165) is 18.7 Å². The van der Waals surface area contributed by atoms with Gasteiger partial charge >= 0.3 is 0 Å². The van der Waals surface area contributed by atoms with Gasteiger partial charge in [0.15, 0.2) is 0 Å². The highest BCUT2D eigenvalue weighted by atomic mass is 16.5. The van der Waals surface area contributed by atoms with Crippen LogP contribution in [0.5, 0.6) is 5.75 Å². The number of nitrogens with two attached hydrogens (primary N) is 1. The fourth-order valence-corrected chi connectivity index (χ4v) is 3.00. The van der Waals surface area contributed by atoms with Gasteiger partial charge in [0.25, 0.3) is 0 Å². The number of aryl methyl sites for hydroxylation is 1. The van der Waals surface area contributed by atoms with Gasteiger partial charge in [-0.2, -0.15) is 0 Å². The third kappa shape index (κ3) is 1.94. The lowest BCUT2D eigenvalue weighted by atomic mass is 10.1. The van der Waals surface area contributed by atoms with Crippen LogP contribution < -0.4 is 10.5 Å². The molecule has 3 rings (SSSR count). The Balaban J connectivity index is 2.11. The lowest BCUT2D eigenvalue weighted by molar-refractivity contribution is 0.414. The summed E-state index contributed by atoms with van der Waals surface area (Å²) in [5, 5.41) is 0. The molecule has 3 nitrogen and oxygen atoms in total. The topological polar surface area (TPSA) is 40.2 Å². The van der Waals surface area contributed by atoms with Crippen molar-refractivity contribution in [2.45, 2.75) is 32.9 Å². The Bertz CT molecular complexity index is 626. The molecule has 1 aliphatic rings. The number of fused-ring (bicyclic) bond motifs is 3. The first-order valence-electron chi connectivity index (χ1n) is 6.72. The van der Waals surface area contributed by atoms with E-state index in [-0.39, 0.29) is 6.04 Å². The largest absolute Gasteiger partial charge is 0.497 e. The Hall–Kier alpha value is -1.74. The van der Waals surface area contributed by atoms with E-state index in [2.05, 4.69) is 36.6 Å². The van der Waals surface area contributed by atoms with Gasteiger partial charge in [-0.1, -0.05) is 0 Å². The number of hydrogen-bond donors (Lipinski definition) is 1. The zero-order chi connectivity index (χ0) is 13.6. The summed E-state index contributed by atoms with van der Waals surface area (Å²) in [6.07, 6.45) is 0.995. The number of benzene rings is 1. The van der Waals surface area contributed by atoms with Crippen LogP contribution in [-0.4, -0.2) is 17.7 Å². The van der Waals surface area contributed by atoms with E-state index in [1.54, 1.807) is 7.11 Å². The summed E-state index contributed by atoms with van der Waals surface area (Å²) in [5.41, 5.74) is 12.7. The zero-order valence-corrected chi connectivity index (χ0v) is 11.7. The maximum atomic E-state index is 5.97. The van der Waals surface area contributed by atoms with Gasteiger partial charge in [-0.15, -0.1) is 0 Å². The van der Waals surface area contributed by atoms with Crippen LogP contribution in [0.3, 0.4) is 0 Å². The number of methoxy groups -OCH3 is 1. The van der Waals surface area contributed by atoms with Crippen molar-refractivity contribution in [1.82, 2.24) is 4.57 Å². The van der Waals surface area contributed by atoms with E-state index in [9.17, 15) is 0 Å². The molecule has 1 aromatic carbocycles. The third-order valence-corrected chi connectivity index (χ3v) is 3.80. The van der Waals surface area contributed by atoms with Crippen LogP contribution in [0.1, 0.15) is 23.7 Å². The summed E-state index contributed by atoms with van der Waals surface area (Å²) in [6, 6.07) is 8.78. The van der Waals surface area contributed by atoms with Gasteiger partial charge in [-0.05, 0) is 49.2 Å². The van der Waals surface area contributed by atoms with Crippen LogP contribution in [-0.2, 0) is 13.0 Å². The van der Waals surface area contributed by atoms with E-state index in [1.807, 2.05) is 6.07 Å². The minimum atomic E-state index is 0.164. The molecule has 0 fully saturated rings. The Morgan fingerprint density at radius 1 is 1.32 bits per heavy atom. The van der Waals surface area contributed by atoms with Gasteiger partial charge in [-0.3, -0.25) is 0 Å².